The minimum atomic E-state index is -0.715. The van der Waals surface area contributed by atoms with E-state index in [0.717, 1.165) is 61.3 Å². The van der Waals surface area contributed by atoms with Crippen molar-refractivity contribution in [1.29, 1.82) is 0 Å². The Bertz CT molecular complexity index is 1460. The van der Waals surface area contributed by atoms with Crippen LogP contribution in [0.25, 0.3) is 0 Å². The summed E-state index contributed by atoms with van der Waals surface area (Å²) in [6.45, 7) is 8.80. The average molecular weight is 577 g/mol. The van der Waals surface area contributed by atoms with E-state index in [0.29, 0.717) is 17.7 Å². The van der Waals surface area contributed by atoms with Crippen LogP contribution in [0.15, 0.2) is 30.3 Å². The van der Waals surface area contributed by atoms with E-state index in [1.165, 1.54) is 11.0 Å². The third kappa shape index (κ3) is 5.52. The highest BCUT2D eigenvalue weighted by Crippen LogP contribution is 2.36. The number of amides is 4. The first-order chi connectivity index (χ1) is 20.0. The third-order valence-electron chi connectivity index (χ3n) is 8.73. The molecule has 0 radical (unpaired) electrons. The van der Waals surface area contributed by atoms with Gasteiger partial charge >= 0.3 is 6.09 Å². The molecule has 4 heterocycles. The van der Waals surface area contributed by atoms with Crippen molar-refractivity contribution in [1.82, 2.24) is 15.1 Å². The standard InChI is InChI=1S/C32H37FN4O5/c1-32(2,3)42-31(41)36-13-10-21-5-4-19(14-27(21)36)17-35-11-8-20(9-12-35)23-15-22-18-37(30(40)24(22)16-25(23)33)26-6-7-28(38)34-29(26)39/h4-5,14-16,20,26H,6-13,17-18H2,1-3H3,(H,34,38,39). The predicted octanol–water partition coefficient (Wildman–Crippen LogP) is 4.26. The van der Waals surface area contributed by atoms with Gasteiger partial charge in [0.1, 0.15) is 17.5 Å². The van der Waals surface area contributed by atoms with Crippen LogP contribution < -0.4 is 10.2 Å². The molecule has 2 saturated heterocycles. The van der Waals surface area contributed by atoms with Gasteiger partial charge in [-0.25, -0.2) is 9.18 Å². The monoisotopic (exact) mass is 576 g/mol. The zero-order chi connectivity index (χ0) is 29.8. The fraction of sp³-hybridized carbons (Fsp3) is 0.500. The maximum Gasteiger partial charge on any atom is 0.414 e. The first kappa shape index (κ1) is 28.3. The molecule has 2 aromatic rings. The number of imide groups is 1. The van der Waals surface area contributed by atoms with Crippen LogP contribution in [0.5, 0.6) is 0 Å². The number of rotatable bonds is 4. The summed E-state index contributed by atoms with van der Waals surface area (Å²) in [6.07, 6.45) is 2.52. The van der Waals surface area contributed by atoms with Crippen LogP contribution in [0, 0.1) is 5.82 Å². The lowest BCUT2D eigenvalue weighted by Crippen LogP contribution is -2.52. The summed E-state index contributed by atoms with van der Waals surface area (Å²) >= 11 is 0. The molecule has 4 amide bonds. The molecule has 10 heteroatoms. The van der Waals surface area contributed by atoms with Crippen LogP contribution in [0.1, 0.15) is 85.0 Å². The fourth-order valence-electron chi connectivity index (χ4n) is 6.61. The summed E-state index contributed by atoms with van der Waals surface area (Å²) in [4.78, 5) is 55.2. The highest BCUT2D eigenvalue weighted by molar-refractivity contribution is 6.05. The van der Waals surface area contributed by atoms with Gasteiger partial charge in [0.15, 0.2) is 0 Å². The van der Waals surface area contributed by atoms with Crippen molar-refractivity contribution in [2.45, 2.75) is 83.5 Å². The summed E-state index contributed by atoms with van der Waals surface area (Å²) in [6, 6.07) is 8.72. The summed E-state index contributed by atoms with van der Waals surface area (Å²) in [5, 5.41) is 2.30. The number of carbonyl (C=O) groups excluding carboxylic acids is 4. The Morgan fingerprint density at radius 3 is 2.48 bits per heavy atom. The number of ether oxygens (including phenoxy) is 1. The first-order valence-corrected chi connectivity index (χ1v) is 14.8. The van der Waals surface area contributed by atoms with Gasteiger partial charge in [0.05, 0.1) is 5.69 Å². The Labute approximate surface area is 245 Å². The summed E-state index contributed by atoms with van der Waals surface area (Å²) in [5.41, 5.74) is 4.28. The van der Waals surface area contributed by atoms with Crippen LogP contribution in [-0.4, -0.2) is 64.9 Å². The second-order valence-corrected chi connectivity index (χ2v) is 12.8. The smallest absolute Gasteiger partial charge is 0.414 e. The first-order valence-electron chi connectivity index (χ1n) is 14.8. The number of fused-ring (bicyclic) bond motifs is 2. The largest absolute Gasteiger partial charge is 0.443 e. The topological polar surface area (TPSA) is 99.3 Å². The Kier molecular flexibility index (Phi) is 7.29. The van der Waals surface area contributed by atoms with E-state index in [1.807, 2.05) is 20.8 Å². The normalized spacial score (nSPS) is 21.4. The maximum absolute atomic E-state index is 15.3. The van der Waals surface area contributed by atoms with Gasteiger partial charge in [-0.3, -0.25) is 29.5 Å². The summed E-state index contributed by atoms with van der Waals surface area (Å²) in [7, 11) is 0. The molecule has 4 aliphatic rings. The second kappa shape index (κ2) is 10.8. The molecule has 1 N–H and O–H groups in total. The van der Waals surface area contributed by atoms with Gasteiger partial charge in [0.2, 0.25) is 11.8 Å². The molecule has 0 saturated carbocycles. The van der Waals surface area contributed by atoms with Gasteiger partial charge in [-0.05, 0) is 99.8 Å². The highest BCUT2D eigenvalue weighted by Gasteiger charge is 2.40. The van der Waals surface area contributed by atoms with E-state index in [4.69, 9.17) is 4.74 Å². The van der Waals surface area contributed by atoms with Gasteiger partial charge < -0.3 is 9.64 Å². The number of benzene rings is 2. The maximum atomic E-state index is 15.3. The number of carbonyl (C=O) groups is 4. The zero-order valence-corrected chi connectivity index (χ0v) is 24.4. The molecule has 0 aliphatic carbocycles. The number of hydrogen-bond donors (Lipinski definition) is 1. The van der Waals surface area contributed by atoms with Crippen molar-refractivity contribution in [3.63, 3.8) is 0 Å². The number of nitrogens with zero attached hydrogens (tertiary/aromatic N) is 3. The molecule has 0 bridgehead atoms. The molecule has 1 atom stereocenters. The lowest BCUT2D eigenvalue weighted by molar-refractivity contribution is -0.136. The number of nitrogens with one attached hydrogen (secondary N) is 1. The van der Waals surface area contributed by atoms with Crippen LogP contribution in [0.3, 0.4) is 0 Å². The van der Waals surface area contributed by atoms with Crippen molar-refractivity contribution in [2.24, 2.45) is 0 Å². The van der Waals surface area contributed by atoms with E-state index in [1.54, 1.807) is 11.0 Å². The molecule has 2 aromatic carbocycles. The van der Waals surface area contributed by atoms with E-state index in [9.17, 15) is 19.2 Å². The molecule has 1 unspecified atom stereocenters. The Hall–Kier alpha value is -3.79. The van der Waals surface area contributed by atoms with Gasteiger partial charge in [-0.2, -0.15) is 0 Å². The fourth-order valence-corrected chi connectivity index (χ4v) is 6.61. The van der Waals surface area contributed by atoms with Crippen molar-refractivity contribution >= 4 is 29.5 Å². The molecular formula is C32H37FN4O5. The van der Waals surface area contributed by atoms with Crippen LogP contribution in [-0.2, 0) is 33.8 Å². The van der Waals surface area contributed by atoms with Gasteiger partial charge in [-0.15, -0.1) is 0 Å². The molecule has 2 fully saturated rings. The van der Waals surface area contributed by atoms with Crippen molar-refractivity contribution in [3.05, 3.63) is 64.0 Å². The molecule has 0 spiro atoms. The van der Waals surface area contributed by atoms with Crippen molar-refractivity contribution in [3.8, 4) is 0 Å². The third-order valence-corrected chi connectivity index (χ3v) is 8.73. The average Bonchev–Trinajstić information content (AvgIpc) is 3.49. The Morgan fingerprint density at radius 2 is 1.76 bits per heavy atom. The molecule has 0 aromatic heterocycles. The van der Waals surface area contributed by atoms with Gasteiger partial charge in [-0.1, -0.05) is 18.2 Å². The molecule has 9 nitrogen and oxygen atoms in total. The van der Waals surface area contributed by atoms with Crippen LogP contribution in [0.2, 0.25) is 0 Å². The number of halogens is 1. The zero-order valence-electron chi connectivity index (χ0n) is 24.4. The highest BCUT2D eigenvalue weighted by atomic mass is 19.1. The SMILES string of the molecule is CC(C)(C)OC(=O)N1CCc2ccc(CN3CCC(c4cc5c(cc4F)C(=O)N(C4CCC(=O)NC4=O)C5)CC3)cc21. The van der Waals surface area contributed by atoms with E-state index >= 15 is 4.39 Å². The van der Waals surface area contributed by atoms with E-state index < -0.39 is 17.6 Å². The van der Waals surface area contributed by atoms with Gasteiger partial charge in [0.25, 0.3) is 5.91 Å². The summed E-state index contributed by atoms with van der Waals surface area (Å²) in [5.74, 6) is -1.51. The molecule has 222 valence electrons. The lowest BCUT2D eigenvalue weighted by atomic mass is 9.87. The Morgan fingerprint density at radius 1 is 1.00 bits per heavy atom. The van der Waals surface area contributed by atoms with E-state index in [2.05, 4.69) is 28.4 Å². The van der Waals surface area contributed by atoms with Crippen molar-refractivity contribution < 1.29 is 28.3 Å². The van der Waals surface area contributed by atoms with Crippen LogP contribution >= 0.6 is 0 Å². The lowest BCUT2D eigenvalue weighted by Gasteiger charge is -2.32. The van der Waals surface area contributed by atoms with Crippen LogP contribution in [0.4, 0.5) is 14.9 Å². The minimum absolute atomic E-state index is 0.0361. The molecule has 4 aliphatic heterocycles. The van der Waals surface area contributed by atoms with Crippen molar-refractivity contribution in [2.75, 3.05) is 24.5 Å². The molecule has 6 rings (SSSR count). The molecular weight excluding hydrogens is 539 g/mol. The quantitative estimate of drug-likeness (QED) is 0.546. The van der Waals surface area contributed by atoms with Gasteiger partial charge in [0, 0.05) is 31.6 Å². The molecule has 42 heavy (non-hydrogen) atoms. The number of likely N-dealkylation sites (tertiary alicyclic amines) is 1. The number of hydrogen-bond acceptors (Lipinski definition) is 6. The van der Waals surface area contributed by atoms with E-state index in [-0.39, 0.29) is 49.0 Å². The second-order valence-electron chi connectivity index (χ2n) is 12.8. The Balaban J connectivity index is 1.09. The minimum Gasteiger partial charge on any atom is -0.443 e. The number of anilines is 1. The predicted molar refractivity (Wildman–Crippen MR) is 153 cm³/mol. The number of piperidine rings is 2. The summed E-state index contributed by atoms with van der Waals surface area (Å²) < 4.78 is 20.9.